The molecule has 1 N–H and O–H groups in total. The number of carbonyl (C=O) groups is 1. The van der Waals surface area contributed by atoms with Crippen molar-refractivity contribution in [2.75, 3.05) is 0 Å². The predicted octanol–water partition coefficient (Wildman–Crippen LogP) is 2.90. The van der Waals surface area contributed by atoms with Crippen molar-refractivity contribution in [2.24, 2.45) is 0 Å². The summed E-state index contributed by atoms with van der Waals surface area (Å²) in [5.74, 6) is -0.00938. The van der Waals surface area contributed by atoms with E-state index in [-0.39, 0.29) is 5.91 Å². The summed E-state index contributed by atoms with van der Waals surface area (Å²) in [6, 6.07) is 18.5. The number of aromatic nitrogens is 5. The first kappa shape index (κ1) is 18.6. The van der Waals surface area contributed by atoms with Crippen molar-refractivity contribution in [3.8, 4) is 11.1 Å². The minimum absolute atomic E-state index is 0.00938. The predicted molar refractivity (Wildman–Crippen MR) is 110 cm³/mol. The van der Waals surface area contributed by atoms with Gasteiger partial charge in [0.25, 0.3) is 0 Å². The van der Waals surface area contributed by atoms with Crippen molar-refractivity contribution in [3.05, 3.63) is 90.8 Å². The first-order valence-corrected chi connectivity index (χ1v) is 9.52. The summed E-state index contributed by atoms with van der Waals surface area (Å²) >= 11 is 0. The molecule has 0 saturated heterocycles. The number of benzene rings is 2. The van der Waals surface area contributed by atoms with E-state index in [9.17, 15) is 4.79 Å². The second-order valence-corrected chi connectivity index (χ2v) is 6.74. The van der Waals surface area contributed by atoms with Gasteiger partial charge in [0, 0.05) is 25.4 Å². The van der Waals surface area contributed by atoms with E-state index in [1.807, 2.05) is 35.1 Å². The van der Waals surface area contributed by atoms with Crippen molar-refractivity contribution in [1.82, 2.24) is 29.9 Å². The van der Waals surface area contributed by atoms with Crippen molar-refractivity contribution < 1.29 is 4.79 Å². The molecule has 7 heteroatoms. The smallest absolute Gasteiger partial charge is 0.222 e. The van der Waals surface area contributed by atoms with Gasteiger partial charge >= 0.3 is 0 Å². The van der Waals surface area contributed by atoms with Gasteiger partial charge in [-0.2, -0.15) is 10.2 Å². The van der Waals surface area contributed by atoms with Gasteiger partial charge in [-0.3, -0.25) is 14.2 Å². The van der Waals surface area contributed by atoms with Gasteiger partial charge in [0.1, 0.15) is 12.7 Å². The van der Waals surface area contributed by atoms with Gasteiger partial charge in [0.05, 0.1) is 13.1 Å². The van der Waals surface area contributed by atoms with Crippen LogP contribution in [0, 0.1) is 0 Å². The SMILES string of the molecule is O=C(CCn1cncn1)NCc1ccccc1-c1ccc(Cn2cccn2)cc1. The average Bonchev–Trinajstić information content (AvgIpc) is 3.46. The molecule has 0 aliphatic heterocycles. The molecule has 2 aromatic heterocycles. The van der Waals surface area contributed by atoms with Crippen LogP contribution in [0.15, 0.2) is 79.6 Å². The van der Waals surface area contributed by atoms with Crippen LogP contribution in [0.3, 0.4) is 0 Å². The molecule has 29 heavy (non-hydrogen) atoms. The maximum absolute atomic E-state index is 12.2. The van der Waals surface area contributed by atoms with Crippen LogP contribution < -0.4 is 5.32 Å². The molecule has 0 saturated carbocycles. The molecule has 2 aromatic carbocycles. The number of amides is 1. The zero-order chi connectivity index (χ0) is 19.9. The Morgan fingerprint density at radius 1 is 0.966 bits per heavy atom. The number of rotatable bonds is 8. The Morgan fingerprint density at radius 2 is 1.83 bits per heavy atom. The topological polar surface area (TPSA) is 77.6 Å². The molecule has 0 fully saturated rings. The molecule has 0 radical (unpaired) electrons. The Kier molecular flexibility index (Phi) is 5.76. The Morgan fingerprint density at radius 3 is 2.59 bits per heavy atom. The first-order chi connectivity index (χ1) is 14.3. The molecule has 0 spiro atoms. The van der Waals surface area contributed by atoms with Crippen LogP contribution >= 0.6 is 0 Å². The van der Waals surface area contributed by atoms with E-state index >= 15 is 0 Å². The van der Waals surface area contributed by atoms with Crippen molar-refractivity contribution in [1.29, 1.82) is 0 Å². The van der Waals surface area contributed by atoms with Gasteiger partial charge in [0.15, 0.2) is 0 Å². The van der Waals surface area contributed by atoms with Crippen LogP contribution in [0.1, 0.15) is 17.5 Å². The summed E-state index contributed by atoms with van der Waals surface area (Å²) in [5.41, 5.74) is 4.52. The fourth-order valence-electron chi connectivity index (χ4n) is 3.17. The van der Waals surface area contributed by atoms with E-state index in [0.717, 1.165) is 23.2 Å². The van der Waals surface area contributed by atoms with E-state index in [0.29, 0.717) is 19.5 Å². The highest BCUT2D eigenvalue weighted by Gasteiger charge is 2.08. The summed E-state index contributed by atoms with van der Waals surface area (Å²) in [7, 11) is 0. The second kappa shape index (κ2) is 8.97. The highest BCUT2D eigenvalue weighted by atomic mass is 16.1. The third kappa shape index (κ3) is 4.95. The average molecular weight is 386 g/mol. The number of aryl methyl sites for hydroxylation is 1. The quantitative estimate of drug-likeness (QED) is 0.505. The molecule has 4 rings (SSSR count). The van der Waals surface area contributed by atoms with Crippen molar-refractivity contribution in [3.63, 3.8) is 0 Å². The molecule has 0 bridgehead atoms. The molecule has 7 nitrogen and oxygen atoms in total. The van der Waals surface area contributed by atoms with Crippen molar-refractivity contribution >= 4 is 5.91 Å². The zero-order valence-corrected chi connectivity index (χ0v) is 16.0. The Balaban J connectivity index is 1.39. The standard InChI is InChI=1S/C22H22N6O/c29-22(10-13-28-17-23-16-26-28)24-14-20-4-1-2-5-21(20)19-8-6-18(7-9-19)15-27-12-3-11-25-27/h1-9,11-12,16-17H,10,13-15H2,(H,24,29). The number of hydrogen-bond donors (Lipinski definition) is 1. The van der Waals surface area contributed by atoms with Gasteiger partial charge < -0.3 is 5.32 Å². The number of carbonyl (C=O) groups excluding carboxylic acids is 1. The lowest BCUT2D eigenvalue weighted by Gasteiger charge is -2.12. The van der Waals surface area contributed by atoms with Gasteiger partial charge in [-0.15, -0.1) is 0 Å². The fourth-order valence-corrected chi connectivity index (χ4v) is 3.17. The molecule has 0 unspecified atom stereocenters. The summed E-state index contributed by atoms with van der Waals surface area (Å²) < 4.78 is 3.55. The van der Waals surface area contributed by atoms with E-state index in [1.54, 1.807) is 17.2 Å². The molecule has 0 atom stereocenters. The number of nitrogens with zero attached hydrogens (tertiary/aromatic N) is 5. The molecular formula is C22H22N6O. The van der Waals surface area contributed by atoms with E-state index in [2.05, 4.69) is 50.8 Å². The van der Waals surface area contributed by atoms with Crippen LogP contribution in [0.4, 0.5) is 0 Å². The number of nitrogens with one attached hydrogen (secondary N) is 1. The normalized spacial score (nSPS) is 10.8. The van der Waals surface area contributed by atoms with E-state index in [1.165, 1.54) is 11.9 Å². The van der Waals surface area contributed by atoms with Crippen LogP contribution in [-0.2, 0) is 24.4 Å². The van der Waals surface area contributed by atoms with Crippen LogP contribution in [-0.4, -0.2) is 30.5 Å². The lowest BCUT2D eigenvalue weighted by Crippen LogP contribution is -2.24. The molecule has 146 valence electrons. The van der Waals surface area contributed by atoms with Crippen LogP contribution in [0.5, 0.6) is 0 Å². The molecule has 0 aliphatic rings. The lowest BCUT2D eigenvalue weighted by molar-refractivity contribution is -0.121. The lowest BCUT2D eigenvalue weighted by atomic mass is 9.98. The first-order valence-electron chi connectivity index (χ1n) is 9.52. The largest absolute Gasteiger partial charge is 0.352 e. The third-order valence-electron chi connectivity index (χ3n) is 4.70. The van der Waals surface area contributed by atoms with Gasteiger partial charge in [-0.05, 0) is 28.3 Å². The maximum atomic E-state index is 12.2. The summed E-state index contributed by atoms with van der Waals surface area (Å²) in [6.07, 6.45) is 7.18. The summed E-state index contributed by atoms with van der Waals surface area (Å²) in [6.45, 7) is 1.75. The second-order valence-electron chi connectivity index (χ2n) is 6.74. The fraction of sp³-hybridized carbons (Fsp3) is 0.182. The Hall–Kier alpha value is -3.74. The minimum Gasteiger partial charge on any atom is -0.352 e. The minimum atomic E-state index is -0.00938. The van der Waals surface area contributed by atoms with E-state index in [4.69, 9.17) is 0 Å². The van der Waals surface area contributed by atoms with Gasteiger partial charge in [-0.1, -0.05) is 48.5 Å². The highest BCUT2D eigenvalue weighted by molar-refractivity contribution is 5.76. The highest BCUT2D eigenvalue weighted by Crippen LogP contribution is 2.24. The Bertz CT molecular complexity index is 1040. The zero-order valence-electron chi connectivity index (χ0n) is 16.0. The van der Waals surface area contributed by atoms with Gasteiger partial charge in [-0.25, -0.2) is 4.98 Å². The molecule has 1 amide bonds. The molecular weight excluding hydrogens is 364 g/mol. The van der Waals surface area contributed by atoms with E-state index < -0.39 is 0 Å². The maximum Gasteiger partial charge on any atom is 0.222 e. The molecule has 0 aliphatic carbocycles. The monoisotopic (exact) mass is 386 g/mol. The summed E-state index contributed by atoms with van der Waals surface area (Å²) in [5, 5.41) is 11.3. The number of hydrogen-bond acceptors (Lipinski definition) is 4. The van der Waals surface area contributed by atoms with Gasteiger partial charge in [0.2, 0.25) is 5.91 Å². The third-order valence-corrected chi connectivity index (χ3v) is 4.70. The van der Waals surface area contributed by atoms with Crippen molar-refractivity contribution in [2.45, 2.75) is 26.1 Å². The van der Waals surface area contributed by atoms with Crippen LogP contribution in [0.25, 0.3) is 11.1 Å². The summed E-state index contributed by atoms with van der Waals surface area (Å²) in [4.78, 5) is 16.1. The van der Waals surface area contributed by atoms with Crippen LogP contribution in [0.2, 0.25) is 0 Å². The Labute approximate surface area is 169 Å². The molecule has 2 heterocycles. The molecule has 4 aromatic rings.